The number of thioether (sulfide) groups is 1. The lowest BCUT2D eigenvalue weighted by Crippen LogP contribution is -2.71. The second kappa shape index (κ2) is 9.65. The molecule has 0 bridgehead atoms. The van der Waals surface area contributed by atoms with Crippen molar-refractivity contribution in [1.29, 1.82) is 0 Å². The number of benzene rings is 2. The molecule has 176 valence electrons. The van der Waals surface area contributed by atoms with Gasteiger partial charge in [-0.3, -0.25) is 24.6 Å². The molecule has 2 aliphatic heterocycles. The molecule has 0 radical (unpaired) electrons. The van der Waals surface area contributed by atoms with E-state index in [2.05, 4.69) is 5.32 Å². The van der Waals surface area contributed by atoms with Crippen LogP contribution in [0.3, 0.4) is 0 Å². The number of amides is 2. The highest BCUT2D eigenvalue weighted by Crippen LogP contribution is 2.40. The molecule has 0 aromatic heterocycles. The van der Waals surface area contributed by atoms with E-state index in [0.29, 0.717) is 22.5 Å². The van der Waals surface area contributed by atoms with Crippen molar-refractivity contribution in [3.05, 3.63) is 87.1 Å². The Labute approximate surface area is 199 Å². The topological polar surface area (TPSA) is 145 Å². The minimum Gasteiger partial charge on any atom is -0.456 e. The number of ether oxygens (including phenoxy) is 1. The molecule has 2 aromatic carbocycles. The fraction of sp³-hybridized carbons (Fsp3) is 0.261. The number of non-ortho nitro benzene ring substituents is 1. The number of carbonyl (C=O) groups excluding carboxylic acids is 3. The summed E-state index contributed by atoms with van der Waals surface area (Å²) in [5.41, 5.74) is 8.03. The summed E-state index contributed by atoms with van der Waals surface area (Å²) < 4.78 is 5.37. The average Bonchev–Trinajstić information content (AvgIpc) is 2.85. The maximum Gasteiger partial charge on any atom is 0.355 e. The SMILES string of the molecule is CC1=C(C(=O)OCc2ccc([N+](=O)[O-])cc2)N2C(=O)C(NC(=O)C(N)c3ccccc3)[C@H]2SC1. The van der Waals surface area contributed by atoms with E-state index in [1.165, 1.54) is 40.9 Å². The monoisotopic (exact) mass is 482 g/mol. The van der Waals surface area contributed by atoms with Crippen LogP contribution in [0.5, 0.6) is 0 Å². The standard InChI is InChI=1S/C23H22N4O6S/c1-13-12-34-22-18(25-20(28)17(24)15-5-3-2-4-6-15)21(29)26(22)19(13)23(30)33-11-14-7-9-16(10-8-14)27(31)32/h2-10,17-18,22H,11-12,24H2,1H3,(H,25,28)/t17?,18?,22-/m1/s1. The zero-order valence-electron chi connectivity index (χ0n) is 18.2. The van der Waals surface area contributed by atoms with E-state index in [1.54, 1.807) is 31.2 Å². The molecule has 0 saturated carbocycles. The molecule has 34 heavy (non-hydrogen) atoms. The number of β-lactam (4-membered cyclic amide) rings is 1. The van der Waals surface area contributed by atoms with Crippen LogP contribution >= 0.6 is 11.8 Å². The van der Waals surface area contributed by atoms with Gasteiger partial charge >= 0.3 is 5.97 Å². The molecule has 1 saturated heterocycles. The summed E-state index contributed by atoms with van der Waals surface area (Å²) in [6, 6.07) is 12.8. The lowest BCUT2D eigenvalue weighted by molar-refractivity contribution is -0.384. The van der Waals surface area contributed by atoms with Crippen LogP contribution in [-0.2, 0) is 25.7 Å². The van der Waals surface area contributed by atoms with Crippen LogP contribution in [0.1, 0.15) is 24.1 Å². The van der Waals surface area contributed by atoms with Crippen molar-refractivity contribution in [2.75, 3.05) is 5.75 Å². The predicted molar refractivity (Wildman–Crippen MR) is 124 cm³/mol. The zero-order chi connectivity index (χ0) is 24.4. The Morgan fingerprint density at radius 1 is 1.24 bits per heavy atom. The van der Waals surface area contributed by atoms with Crippen molar-refractivity contribution < 1.29 is 24.0 Å². The predicted octanol–water partition coefficient (Wildman–Crippen LogP) is 2.01. The van der Waals surface area contributed by atoms with Gasteiger partial charge in [0.15, 0.2) is 0 Å². The van der Waals surface area contributed by atoms with E-state index >= 15 is 0 Å². The maximum atomic E-state index is 12.9. The molecule has 2 aromatic rings. The first-order chi connectivity index (χ1) is 16.3. The molecule has 2 aliphatic rings. The smallest absolute Gasteiger partial charge is 0.355 e. The molecule has 3 N–H and O–H groups in total. The number of nitrogens with zero attached hydrogens (tertiary/aromatic N) is 2. The Morgan fingerprint density at radius 3 is 2.56 bits per heavy atom. The molecule has 2 heterocycles. The van der Waals surface area contributed by atoms with Gasteiger partial charge in [-0.1, -0.05) is 30.3 Å². The summed E-state index contributed by atoms with van der Waals surface area (Å²) in [5, 5.41) is 13.0. The van der Waals surface area contributed by atoms with Crippen LogP contribution in [0.25, 0.3) is 0 Å². The Bertz CT molecular complexity index is 1170. The van der Waals surface area contributed by atoms with Gasteiger partial charge in [-0.05, 0) is 35.8 Å². The minimum atomic E-state index is -0.917. The van der Waals surface area contributed by atoms with E-state index in [1.807, 2.05) is 6.07 Å². The molecule has 10 nitrogen and oxygen atoms in total. The molecule has 1 fully saturated rings. The number of esters is 1. The quantitative estimate of drug-likeness (QED) is 0.264. The van der Waals surface area contributed by atoms with E-state index in [0.717, 1.165) is 0 Å². The Morgan fingerprint density at radius 2 is 1.91 bits per heavy atom. The third kappa shape index (κ3) is 4.52. The number of rotatable bonds is 7. The van der Waals surface area contributed by atoms with Gasteiger partial charge in [0.1, 0.15) is 29.8 Å². The number of nitrogens with one attached hydrogen (secondary N) is 1. The van der Waals surface area contributed by atoms with Crippen LogP contribution < -0.4 is 11.1 Å². The highest BCUT2D eigenvalue weighted by molar-refractivity contribution is 8.00. The summed E-state index contributed by atoms with van der Waals surface area (Å²) >= 11 is 1.44. The molecular weight excluding hydrogens is 460 g/mol. The number of nitro benzene ring substituents is 1. The van der Waals surface area contributed by atoms with Crippen molar-refractivity contribution >= 4 is 35.2 Å². The van der Waals surface area contributed by atoms with Gasteiger partial charge in [0.2, 0.25) is 5.91 Å². The lowest BCUT2D eigenvalue weighted by Gasteiger charge is -2.49. The van der Waals surface area contributed by atoms with Gasteiger partial charge in [0, 0.05) is 17.9 Å². The van der Waals surface area contributed by atoms with Gasteiger partial charge in [-0.15, -0.1) is 11.8 Å². The second-order valence-electron chi connectivity index (χ2n) is 7.91. The lowest BCUT2D eigenvalue weighted by atomic mass is 10.0. The molecule has 2 amide bonds. The van der Waals surface area contributed by atoms with Crippen molar-refractivity contribution in [2.24, 2.45) is 5.73 Å². The van der Waals surface area contributed by atoms with Crippen molar-refractivity contribution in [1.82, 2.24) is 10.2 Å². The van der Waals surface area contributed by atoms with Crippen molar-refractivity contribution in [2.45, 2.75) is 31.0 Å². The molecule has 0 spiro atoms. The third-order valence-electron chi connectivity index (χ3n) is 5.61. The highest BCUT2D eigenvalue weighted by Gasteiger charge is 2.54. The van der Waals surface area contributed by atoms with Gasteiger partial charge < -0.3 is 15.8 Å². The Hall–Kier alpha value is -3.70. The fourth-order valence-electron chi connectivity index (χ4n) is 3.75. The van der Waals surface area contributed by atoms with Crippen LogP contribution in [-0.4, -0.2) is 44.8 Å². The number of nitro groups is 1. The van der Waals surface area contributed by atoms with Crippen molar-refractivity contribution in [3.8, 4) is 0 Å². The van der Waals surface area contributed by atoms with Gasteiger partial charge in [-0.2, -0.15) is 0 Å². The van der Waals surface area contributed by atoms with Gasteiger partial charge in [0.05, 0.1) is 4.92 Å². The summed E-state index contributed by atoms with van der Waals surface area (Å²) in [5.74, 6) is -1.06. The molecule has 4 rings (SSSR count). The first-order valence-corrected chi connectivity index (χ1v) is 11.5. The zero-order valence-corrected chi connectivity index (χ0v) is 19.0. The van der Waals surface area contributed by atoms with E-state index < -0.39 is 40.2 Å². The molecular formula is C23H22N4O6S. The normalized spacial score (nSPS) is 20.2. The largest absolute Gasteiger partial charge is 0.456 e. The highest BCUT2D eigenvalue weighted by atomic mass is 32.2. The summed E-state index contributed by atoms with van der Waals surface area (Å²) in [4.78, 5) is 49.9. The second-order valence-corrected chi connectivity index (χ2v) is 9.02. The molecule has 2 unspecified atom stereocenters. The molecule has 11 heteroatoms. The minimum absolute atomic E-state index is 0.0629. The molecule has 0 aliphatic carbocycles. The van der Waals surface area contributed by atoms with E-state index in [4.69, 9.17) is 10.5 Å². The Kier molecular flexibility index (Phi) is 6.66. The number of nitrogens with two attached hydrogens (primary N) is 1. The first kappa shape index (κ1) is 23.5. The number of hydrogen-bond donors (Lipinski definition) is 2. The van der Waals surface area contributed by atoms with Crippen LogP contribution in [0.2, 0.25) is 0 Å². The van der Waals surface area contributed by atoms with Crippen molar-refractivity contribution in [3.63, 3.8) is 0 Å². The Balaban J connectivity index is 1.39. The number of fused-ring (bicyclic) bond motifs is 1. The summed E-state index contributed by atoms with van der Waals surface area (Å²) in [7, 11) is 0. The first-order valence-electron chi connectivity index (χ1n) is 10.4. The maximum absolute atomic E-state index is 12.9. The average molecular weight is 483 g/mol. The summed E-state index contributed by atoms with van der Waals surface area (Å²) in [6.07, 6.45) is 0. The van der Waals surface area contributed by atoms with Crippen LogP contribution in [0.15, 0.2) is 65.9 Å². The van der Waals surface area contributed by atoms with Gasteiger partial charge in [0.25, 0.3) is 11.6 Å². The van der Waals surface area contributed by atoms with E-state index in [-0.39, 0.29) is 18.0 Å². The fourth-order valence-corrected chi connectivity index (χ4v) is 5.04. The molecule has 3 atom stereocenters. The van der Waals surface area contributed by atoms with Gasteiger partial charge in [-0.25, -0.2) is 4.79 Å². The third-order valence-corrected chi connectivity index (χ3v) is 7.03. The summed E-state index contributed by atoms with van der Waals surface area (Å²) in [6.45, 7) is 1.65. The van der Waals surface area contributed by atoms with E-state index in [9.17, 15) is 24.5 Å². The number of carbonyl (C=O) groups is 3. The van der Waals surface area contributed by atoms with Crippen LogP contribution in [0.4, 0.5) is 5.69 Å². The number of hydrogen-bond acceptors (Lipinski definition) is 8. The van der Waals surface area contributed by atoms with Crippen LogP contribution in [0, 0.1) is 10.1 Å².